The molecule has 0 saturated carbocycles. The van der Waals surface area contributed by atoms with Crippen LogP contribution in [0.4, 0.5) is 0 Å². The first-order valence-corrected chi connectivity index (χ1v) is 5.12. The van der Waals surface area contributed by atoms with Gasteiger partial charge < -0.3 is 10.2 Å². The monoisotopic (exact) mass is 324 g/mol. The zero-order chi connectivity index (χ0) is 12.4. The van der Waals surface area contributed by atoms with Crippen LogP contribution < -0.4 is 0 Å². The Kier molecular flexibility index (Phi) is 12.7. The molecule has 0 aromatic heterocycles. The van der Waals surface area contributed by atoms with Crippen LogP contribution in [0.2, 0.25) is 0 Å². The molecule has 0 aliphatic carbocycles. The van der Waals surface area contributed by atoms with Crippen molar-refractivity contribution < 1.29 is 34.5 Å². The first kappa shape index (κ1) is 18.5. The summed E-state index contributed by atoms with van der Waals surface area (Å²) in [5, 5.41) is 18.8. The third-order valence-electron chi connectivity index (χ3n) is 1.78. The van der Waals surface area contributed by atoms with E-state index >= 15 is 0 Å². The van der Waals surface area contributed by atoms with Gasteiger partial charge in [-0.1, -0.05) is 36.5 Å². The van der Waals surface area contributed by atoms with E-state index in [0.29, 0.717) is 0 Å². The molecule has 0 fully saturated rings. The Bertz CT molecular complexity index is 287. The standard InChI is InChI=1S/C13H18O3.Ru/c1-3-5-7-9-11(14)13(16)12(15)10-8-6-4-2;/h3-12,14-15H,1-2H3;/b5-3+,6-4+,9-7+,10-8+;. The van der Waals surface area contributed by atoms with Crippen molar-refractivity contribution in [3.8, 4) is 0 Å². The molecule has 0 bridgehead atoms. The molecule has 0 saturated heterocycles. The molecule has 17 heavy (non-hydrogen) atoms. The maximum absolute atomic E-state index is 11.4. The summed E-state index contributed by atoms with van der Waals surface area (Å²) < 4.78 is 0. The fourth-order valence-electron chi connectivity index (χ4n) is 0.926. The van der Waals surface area contributed by atoms with Crippen molar-refractivity contribution in [3.63, 3.8) is 0 Å². The van der Waals surface area contributed by atoms with Crippen molar-refractivity contribution in [1.82, 2.24) is 0 Å². The van der Waals surface area contributed by atoms with E-state index in [-0.39, 0.29) is 19.5 Å². The van der Waals surface area contributed by atoms with Gasteiger partial charge in [-0.15, -0.1) is 0 Å². The summed E-state index contributed by atoms with van der Waals surface area (Å²) in [7, 11) is 0. The molecule has 3 nitrogen and oxygen atoms in total. The maximum Gasteiger partial charge on any atom is 0.197 e. The summed E-state index contributed by atoms with van der Waals surface area (Å²) in [6.07, 6.45) is 10.2. The van der Waals surface area contributed by atoms with Crippen LogP contribution in [0, 0.1) is 0 Å². The van der Waals surface area contributed by atoms with Gasteiger partial charge in [0.1, 0.15) is 12.2 Å². The van der Waals surface area contributed by atoms with Crippen molar-refractivity contribution in [2.24, 2.45) is 0 Å². The van der Waals surface area contributed by atoms with Crippen LogP contribution in [0.25, 0.3) is 0 Å². The molecule has 0 radical (unpaired) electrons. The summed E-state index contributed by atoms with van der Waals surface area (Å²) in [5.74, 6) is -0.637. The van der Waals surface area contributed by atoms with Crippen molar-refractivity contribution >= 4 is 5.78 Å². The average molecular weight is 323 g/mol. The second kappa shape index (κ2) is 11.7. The van der Waals surface area contributed by atoms with Crippen LogP contribution in [0.15, 0.2) is 48.6 Å². The largest absolute Gasteiger partial charge is 0.381 e. The zero-order valence-corrected chi connectivity index (χ0v) is 11.7. The van der Waals surface area contributed by atoms with Crippen LogP contribution >= 0.6 is 0 Å². The van der Waals surface area contributed by atoms with E-state index in [1.807, 2.05) is 13.8 Å². The molecule has 2 atom stereocenters. The number of rotatable bonds is 6. The predicted molar refractivity (Wildman–Crippen MR) is 64.9 cm³/mol. The van der Waals surface area contributed by atoms with Crippen molar-refractivity contribution in [3.05, 3.63) is 48.6 Å². The number of hydrogen-bond donors (Lipinski definition) is 2. The maximum atomic E-state index is 11.4. The minimum Gasteiger partial charge on any atom is -0.381 e. The molecule has 2 N–H and O–H groups in total. The third-order valence-corrected chi connectivity index (χ3v) is 1.78. The Morgan fingerprint density at radius 3 is 1.53 bits per heavy atom. The molecule has 0 heterocycles. The molecule has 2 unspecified atom stereocenters. The molecular formula is C13H18O3Ru. The van der Waals surface area contributed by atoms with Crippen LogP contribution in [-0.4, -0.2) is 28.2 Å². The zero-order valence-electron chi connectivity index (χ0n) is 9.93. The molecule has 0 aliphatic rings. The molecule has 0 aromatic carbocycles. The van der Waals surface area contributed by atoms with Gasteiger partial charge in [-0.05, 0) is 26.0 Å². The Balaban J connectivity index is 0. The molecular weight excluding hydrogens is 305 g/mol. The second-order valence-electron chi connectivity index (χ2n) is 3.11. The normalized spacial score (nSPS) is 15.8. The Hall–Kier alpha value is -0.827. The number of aliphatic hydroxyl groups excluding tert-OH is 2. The van der Waals surface area contributed by atoms with Crippen LogP contribution in [0.3, 0.4) is 0 Å². The van der Waals surface area contributed by atoms with Gasteiger partial charge in [0.25, 0.3) is 0 Å². The fourth-order valence-corrected chi connectivity index (χ4v) is 0.926. The van der Waals surface area contributed by atoms with Crippen molar-refractivity contribution in [2.75, 3.05) is 0 Å². The summed E-state index contributed by atoms with van der Waals surface area (Å²) in [5.41, 5.74) is 0. The molecule has 0 aliphatic heterocycles. The minimum absolute atomic E-state index is 0. The topological polar surface area (TPSA) is 57.5 Å². The fraction of sp³-hybridized carbons (Fsp3) is 0.308. The second-order valence-corrected chi connectivity index (χ2v) is 3.11. The van der Waals surface area contributed by atoms with Gasteiger partial charge in [-0.25, -0.2) is 0 Å². The smallest absolute Gasteiger partial charge is 0.197 e. The number of Topliss-reactive ketones (excluding diaryl/α,β-unsaturated/α-hetero) is 1. The van der Waals surface area contributed by atoms with Crippen molar-refractivity contribution in [1.29, 1.82) is 0 Å². The van der Waals surface area contributed by atoms with E-state index in [2.05, 4.69) is 0 Å². The van der Waals surface area contributed by atoms with Gasteiger partial charge >= 0.3 is 0 Å². The van der Waals surface area contributed by atoms with Gasteiger partial charge in [-0.2, -0.15) is 0 Å². The summed E-state index contributed by atoms with van der Waals surface area (Å²) in [6, 6.07) is 0. The van der Waals surface area contributed by atoms with Gasteiger partial charge in [0, 0.05) is 19.5 Å². The first-order valence-electron chi connectivity index (χ1n) is 5.12. The Morgan fingerprint density at radius 1 is 0.882 bits per heavy atom. The number of hydrogen-bond acceptors (Lipinski definition) is 3. The van der Waals surface area contributed by atoms with Gasteiger partial charge in [0.15, 0.2) is 5.78 Å². The SMILES string of the molecule is C/C=C/C=C/C(O)C(=O)C(O)/C=C/C=C/C.[Ru]. The number of carbonyl (C=O) groups is 1. The van der Waals surface area contributed by atoms with Crippen LogP contribution in [0.5, 0.6) is 0 Å². The third kappa shape index (κ3) is 8.93. The van der Waals surface area contributed by atoms with E-state index in [1.54, 1.807) is 36.5 Å². The average Bonchev–Trinajstić information content (AvgIpc) is 2.28. The number of allylic oxidation sites excluding steroid dienone is 6. The molecule has 96 valence electrons. The minimum atomic E-state index is -1.28. The van der Waals surface area contributed by atoms with E-state index in [1.165, 1.54) is 12.2 Å². The molecule has 4 heteroatoms. The first-order chi connectivity index (χ1) is 7.63. The number of carbonyl (C=O) groups excluding carboxylic acids is 1. The number of aliphatic hydroxyl groups is 2. The Labute approximate surface area is 115 Å². The quantitative estimate of drug-likeness (QED) is 0.576. The van der Waals surface area contributed by atoms with Gasteiger partial charge in [0.05, 0.1) is 0 Å². The number of ketones is 1. The van der Waals surface area contributed by atoms with E-state index in [0.717, 1.165) is 0 Å². The molecule has 0 rings (SSSR count). The summed E-state index contributed by atoms with van der Waals surface area (Å²) in [6.45, 7) is 3.65. The van der Waals surface area contributed by atoms with Crippen LogP contribution in [-0.2, 0) is 24.3 Å². The Morgan fingerprint density at radius 2 is 1.24 bits per heavy atom. The van der Waals surface area contributed by atoms with Gasteiger partial charge in [0.2, 0.25) is 0 Å². The van der Waals surface area contributed by atoms with E-state index in [9.17, 15) is 15.0 Å². The summed E-state index contributed by atoms with van der Waals surface area (Å²) >= 11 is 0. The van der Waals surface area contributed by atoms with Gasteiger partial charge in [-0.3, -0.25) is 4.79 Å². The molecule has 0 spiro atoms. The van der Waals surface area contributed by atoms with E-state index < -0.39 is 18.0 Å². The predicted octanol–water partition coefficient (Wildman–Crippen LogP) is 1.54. The molecule has 0 amide bonds. The molecule has 0 aromatic rings. The van der Waals surface area contributed by atoms with Crippen LogP contribution in [0.1, 0.15) is 13.8 Å². The van der Waals surface area contributed by atoms with Crippen molar-refractivity contribution in [2.45, 2.75) is 26.1 Å². The summed E-state index contributed by atoms with van der Waals surface area (Å²) in [4.78, 5) is 11.4. The van der Waals surface area contributed by atoms with E-state index in [4.69, 9.17) is 0 Å².